The standard InChI is InChI=1S/C23H29FN2O4/c1-4-14-25-23(28)19(5-2)26(15-17-10-12-18(24)13-11-17)22(27)16-30-21-9-7-6-8-20(21)29-3/h6-13,19H,4-5,14-16H2,1-3H3,(H,25,28). The summed E-state index contributed by atoms with van der Waals surface area (Å²) in [7, 11) is 1.52. The van der Waals surface area contributed by atoms with Crippen LogP contribution in [-0.2, 0) is 16.1 Å². The Balaban J connectivity index is 2.20. The van der Waals surface area contributed by atoms with E-state index < -0.39 is 6.04 Å². The number of nitrogens with zero attached hydrogens (tertiary/aromatic N) is 1. The molecule has 0 bridgehead atoms. The maximum atomic E-state index is 13.3. The predicted molar refractivity (Wildman–Crippen MR) is 113 cm³/mol. The molecule has 0 saturated carbocycles. The van der Waals surface area contributed by atoms with Crippen molar-refractivity contribution in [3.05, 3.63) is 59.9 Å². The molecule has 1 unspecified atom stereocenters. The molecule has 30 heavy (non-hydrogen) atoms. The van der Waals surface area contributed by atoms with E-state index in [4.69, 9.17) is 9.47 Å². The van der Waals surface area contributed by atoms with Gasteiger partial charge in [-0.25, -0.2) is 4.39 Å². The first-order chi connectivity index (χ1) is 14.5. The molecular weight excluding hydrogens is 387 g/mol. The minimum Gasteiger partial charge on any atom is -0.493 e. The summed E-state index contributed by atoms with van der Waals surface area (Å²) in [6.45, 7) is 4.27. The van der Waals surface area contributed by atoms with E-state index in [1.807, 2.05) is 13.8 Å². The number of carbonyl (C=O) groups is 2. The van der Waals surface area contributed by atoms with Crippen molar-refractivity contribution in [2.75, 3.05) is 20.3 Å². The molecule has 0 spiro atoms. The maximum Gasteiger partial charge on any atom is 0.261 e. The highest BCUT2D eigenvalue weighted by Gasteiger charge is 2.29. The van der Waals surface area contributed by atoms with Crippen molar-refractivity contribution in [2.45, 2.75) is 39.3 Å². The lowest BCUT2D eigenvalue weighted by Crippen LogP contribution is -2.50. The van der Waals surface area contributed by atoms with Crippen molar-refractivity contribution < 1.29 is 23.5 Å². The Morgan fingerprint density at radius 2 is 1.73 bits per heavy atom. The normalized spacial score (nSPS) is 11.5. The Morgan fingerprint density at radius 1 is 1.07 bits per heavy atom. The fraction of sp³-hybridized carbons (Fsp3) is 0.391. The molecule has 0 radical (unpaired) electrons. The maximum absolute atomic E-state index is 13.3. The summed E-state index contributed by atoms with van der Waals surface area (Å²) in [5.41, 5.74) is 0.726. The van der Waals surface area contributed by atoms with Crippen LogP contribution < -0.4 is 14.8 Å². The third kappa shape index (κ3) is 6.47. The second kappa shape index (κ2) is 11.8. The highest BCUT2D eigenvalue weighted by molar-refractivity contribution is 5.88. The average Bonchev–Trinajstić information content (AvgIpc) is 2.77. The fourth-order valence-corrected chi connectivity index (χ4v) is 3.03. The Kier molecular flexibility index (Phi) is 9.12. The van der Waals surface area contributed by atoms with Gasteiger partial charge in [0, 0.05) is 13.1 Å². The lowest BCUT2D eigenvalue weighted by Gasteiger charge is -2.30. The Bertz CT molecular complexity index is 826. The first-order valence-electron chi connectivity index (χ1n) is 10.1. The zero-order chi connectivity index (χ0) is 21.9. The Morgan fingerprint density at radius 3 is 2.33 bits per heavy atom. The molecule has 2 rings (SSSR count). The smallest absolute Gasteiger partial charge is 0.261 e. The molecule has 2 amide bonds. The largest absolute Gasteiger partial charge is 0.493 e. The zero-order valence-corrected chi connectivity index (χ0v) is 17.7. The number of ether oxygens (including phenoxy) is 2. The number of para-hydroxylation sites is 2. The monoisotopic (exact) mass is 416 g/mol. The summed E-state index contributed by atoms with van der Waals surface area (Å²) in [6.07, 6.45) is 1.24. The number of rotatable bonds is 11. The van der Waals surface area contributed by atoms with Crippen LogP contribution in [-0.4, -0.2) is 43.0 Å². The van der Waals surface area contributed by atoms with Crippen LogP contribution in [0.3, 0.4) is 0 Å². The second-order valence-electron chi connectivity index (χ2n) is 6.80. The van der Waals surface area contributed by atoms with Crippen LogP contribution in [0.1, 0.15) is 32.3 Å². The molecule has 0 saturated heterocycles. The molecule has 0 aliphatic heterocycles. The average molecular weight is 416 g/mol. The first kappa shape index (κ1) is 23.2. The van der Waals surface area contributed by atoms with Crippen molar-refractivity contribution in [1.82, 2.24) is 10.2 Å². The molecule has 1 atom stereocenters. The van der Waals surface area contributed by atoms with E-state index in [9.17, 15) is 14.0 Å². The molecule has 0 heterocycles. The Hall–Kier alpha value is -3.09. The van der Waals surface area contributed by atoms with Gasteiger partial charge in [-0.05, 0) is 42.7 Å². The van der Waals surface area contributed by atoms with Gasteiger partial charge in [0.2, 0.25) is 5.91 Å². The van der Waals surface area contributed by atoms with Crippen molar-refractivity contribution >= 4 is 11.8 Å². The van der Waals surface area contributed by atoms with Gasteiger partial charge in [0.15, 0.2) is 18.1 Å². The van der Waals surface area contributed by atoms with Crippen molar-refractivity contribution in [3.8, 4) is 11.5 Å². The molecule has 162 valence electrons. The molecule has 0 aliphatic carbocycles. The van der Waals surface area contributed by atoms with Gasteiger partial charge < -0.3 is 19.7 Å². The van der Waals surface area contributed by atoms with E-state index in [2.05, 4.69) is 5.32 Å². The summed E-state index contributed by atoms with van der Waals surface area (Å²) in [4.78, 5) is 27.2. The summed E-state index contributed by atoms with van der Waals surface area (Å²) >= 11 is 0. The van der Waals surface area contributed by atoms with Crippen LogP contribution in [0.25, 0.3) is 0 Å². The summed E-state index contributed by atoms with van der Waals surface area (Å²) in [5.74, 6) is 0.0429. The van der Waals surface area contributed by atoms with Crippen molar-refractivity contribution in [1.29, 1.82) is 0 Å². The van der Waals surface area contributed by atoms with E-state index in [0.717, 1.165) is 12.0 Å². The van der Waals surface area contributed by atoms with Gasteiger partial charge in [-0.2, -0.15) is 0 Å². The molecule has 0 aromatic heterocycles. The number of halogens is 1. The van der Waals surface area contributed by atoms with Gasteiger partial charge in [-0.15, -0.1) is 0 Å². The minimum absolute atomic E-state index is 0.173. The molecule has 0 fully saturated rings. The zero-order valence-electron chi connectivity index (χ0n) is 17.7. The second-order valence-corrected chi connectivity index (χ2v) is 6.80. The van der Waals surface area contributed by atoms with Gasteiger partial charge in [-0.1, -0.05) is 38.1 Å². The predicted octanol–water partition coefficient (Wildman–Crippen LogP) is 3.55. The van der Waals surface area contributed by atoms with Gasteiger partial charge in [0.25, 0.3) is 5.91 Å². The third-order valence-corrected chi connectivity index (χ3v) is 4.62. The van der Waals surface area contributed by atoms with Gasteiger partial charge in [-0.3, -0.25) is 9.59 Å². The van der Waals surface area contributed by atoms with E-state index in [-0.39, 0.29) is 30.8 Å². The molecular formula is C23H29FN2O4. The highest BCUT2D eigenvalue weighted by Crippen LogP contribution is 2.26. The SMILES string of the molecule is CCCNC(=O)C(CC)N(Cc1ccc(F)cc1)C(=O)COc1ccccc1OC. The highest BCUT2D eigenvalue weighted by atomic mass is 19.1. The van der Waals surface area contributed by atoms with Gasteiger partial charge >= 0.3 is 0 Å². The number of hydrogen-bond donors (Lipinski definition) is 1. The van der Waals surface area contributed by atoms with Crippen molar-refractivity contribution in [2.24, 2.45) is 0 Å². The summed E-state index contributed by atoms with van der Waals surface area (Å²) in [5, 5.41) is 2.85. The van der Waals surface area contributed by atoms with Crippen molar-refractivity contribution in [3.63, 3.8) is 0 Å². The quantitative estimate of drug-likeness (QED) is 0.608. The third-order valence-electron chi connectivity index (χ3n) is 4.62. The molecule has 2 aromatic carbocycles. The van der Waals surface area contributed by atoms with E-state index in [0.29, 0.717) is 24.5 Å². The molecule has 2 aromatic rings. The molecule has 1 N–H and O–H groups in total. The number of hydrogen-bond acceptors (Lipinski definition) is 4. The molecule has 7 heteroatoms. The fourth-order valence-electron chi connectivity index (χ4n) is 3.03. The minimum atomic E-state index is -0.657. The first-order valence-corrected chi connectivity index (χ1v) is 10.1. The van der Waals surface area contributed by atoms with E-state index >= 15 is 0 Å². The topological polar surface area (TPSA) is 67.9 Å². The lowest BCUT2D eigenvalue weighted by atomic mass is 10.1. The van der Waals surface area contributed by atoms with Crippen LogP contribution in [0.2, 0.25) is 0 Å². The van der Waals surface area contributed by atoms with Crippen LogP contribution in [0.5, 0.6) is 11.5 Å². The molecule has 6 nitrogen and oxygen atoms in total. The summed E-state index contributed by atoms with van der Waals surface area (Å²) < 4.78 is 24.2. The number of nitrogens with one attached hydrogen (secondary N) is 1. The van der Waals surface area contributed by atoms with Gasteiger partial charge in [0.1, 0.15) is 11.9 Å². The molecule has 0 aliphatic rings. The van der Waals surface area contributed by atoms with E-state index in [1.54, 1.807) is 36.4 Å². The van der Waals surface area contributed by atoms with E-state index in [1.165, 1.54) is 24.1 Å². The lowest BCUT2D eigenvalue weighted by molar-refractivity contribution is -0.143. The number of carbonyl (C=O) groups excluding carboxylic acids is 2. The summed E-state index contributed by atoms with van der Waals surface area (Å²) in [6, 6.07) is 12.3. The van der Waals surface area contributed by atoms with Gasteiger partial charge in [0.05, 0.1) is 7.11 Å². The van der Waals surface area contributed by atoms with Crippen LogP contribution in [0, 0.1) is 5.82 Å². The number of methoxy groups -OCH3 is 1. The Labute approximate surface area is 177 Å². The number of benzene rings is 2. The van der Waals surface area contributed by atoms with Crippen LogP contribution >= 0.6 is 0 Å². The number of amides is 2. The van der Waals surface area contributed by atoms with Crippen LogP contribution in [0.4, 0.5) is 4.39 Å². The van der Waals surface area contributed by atoms with Crippen LogP contribution in [0.15, 0.2) is 48.5 Å².